The van der Waals surface area contributed by atoms with Crippen LogP contribution in [0.15, 0.2) is 55.1 Å². The molecule has 4 heterocycles. The minimum absolute atomic E-state index is 0.338. The summed E-state index contributed by atoms with van der Waals surface area (Å²) >= 11 is 0. The fraction of sp³-hybridized carbons (Fsp3) is 0.0952. The summed E-state index contributed by atoms with van der Waals surface area (Å²) in [7, 11) is 0. The summed E-state index contributed by atoms with van der Waals surface area (Å²) in [5.41, 5.74) is 9.82. The van der Waals surface area contributed by atoms with Crippen LogP contribution in [0.1, 0.15) is 11.1 Å². The summed E-state index contributed by atoms with van der Waals surface area (Å²) in [6, 6.07) is 11.6. The van der Waals surface area contributed by atoms with Crippen LogP contribution in [0.4, 0.5) is 17.5 Å². The second kappa shape index (κ2) is 7.29. The van der Waals surface area contributed by atoms with Crippen molar-refractivity contribution in [1.29, 1.82) is 5.26 Å². The Morgan fingerprint density at radius 1 is 1.07 bits per heavy atom. The zero-order valence-electron chi connectivity index (χ0n) is 15.2. The number of anilines is 3. The molecule has 0 spiro atoms. The minimum Gasteiger partial charge on any atom is -0.383 e. The number of fused-ring (bicyclic) bond motifs is 1. The van der Waals surface area contributed by atoms with Gasteiger partial charge in [-0.05, 0) is 47.7 Å². The van der Waals surface area contributed by atoms with E-state index < -0.39 is 0 Å². The second-order valence-corrected chi connectivity index (χ2v) is 6.39. The maximum Gasteiger partial charge on any atom is 0.133 e. The Hall–Kier alpha value is -4.05. The molecule has 3 N–H and O–H groups in total. The van der Waals surface area contributed by atoms with Crippen molar-refractivity contribution in [2.45, 2.75) is 13.3 Å². The lowest BCUT2D eigenvalue weighted by Gasteiger charge is -2.10. The van der Waals surface area contributed by atoms with Crippen molar-refractivity contribution in [2.24, 2.45) is 0 Å². The summed E-state index contributed by atoms with van der Waals surface area (Å²) in [5, 5.41) is 13.6. The van der Waals surface area contributed by atoms with Gasteiger partial charge in [0.1, 0.15) is 17.5 Å². The van der Waals surface area contributed by atoms with E-state index in [0.29, 0.717) is 23.9 Å². The number of aromatic nitrogens is 4. The van der Waals surface area contributed by atoms with Crippen molar-refractivity contribution in [2.75, 3.05) is 11.1 Å². The first kappa shape index (κ1) is 17.4. The number of nitrogen functional groups attached to an aromatic ring is 1. The number of hydrogen-bond donors (Lipinski definition) is 2. The third-order valence-corrected chi connectivity index (χ3v) is 4.42. The lowest BCUT2D eigenvalue weighted by molar-refractivity contribution is 1.18. The van der Waals surface area contributed by atoms with Gasteiger partial charge in [-0.25, -0.2) is 15.0 Å². The minimum atomic E-state index is 0.338. The van der Waals surface area contributed by atoms with E-state index in [0.717, 1.165) is 33.2 Å². The fourth-order valence-corrected chi connectivity index (χ4v) is 2.94. The van der Waals surface area contributed by atoms with Gasteiger partial charge < -0.3 is 11.1 Å². The van der Waals surface area contributed by atoms with E-state index in [2.05, 4.69) is 31.3 Å². The Kier molecular flexibility index (Phi) is 4.52. The molecule has 0 radical (unpaired) electrons. The molecular formula is C21H17N7. The van der Waals surface area contributed by atoms with Crippen molar-refractivity contribution in [3.05, 3.63) is 66.2 Å². The van der Waals surface area contributed by atoms with E-state index in [9.17, 15) is 0 Å². The third-order valence-electron chi connectivity index (χ3n) is 4.42. The predicted molar refractivity (Wildman–Crippen MR) is 109 cm³/mol. The van der Waals surface area contributed by atoms with Crippen LogP contribution in [0.3, 0.4) is 0 Å². The molecule has 28 heavy (non-hydrogen) atoms. The van der Waals surface area contributed by atoms with Gasteiger partial charge in [-0.1, -0.05) is 6.07 Å². The standard InChI is InChI=1S/C21H17N7/c1-13-5-7-24-11-16(13)18-8-15-9-20(26-12-17(15)21(23)27-18)28-19-3-2-14(4-6-22)10-25-19/h2-3,5,7-12H,4H2,1H3,(H2,23,27)(H,25,26,28). The third kappa shape index (κ3) is 3.44. The number of aryl methyl sites for hydroxylation is 1. The topological polar surface area (TPSA) is 113 Å². The Morgan fingerprint density at radius 3 is 2.68 bits per heavy atom. The molecule has 0 saturated heterocycles. The van der Waals surface area contributed by atoms with E-state index in [4.69, 9.17) is 11.0 Å². The van der Waals surface area contributed by atoms with Gasteiger partial charge >= 0.3 is 0 Å². The zero-order chi connectivity index (χ0) is 19.5. The highest BCUT2D eigenvalue weighted by Gasteiger charge is 2.09. The van der Waals surface area contributed by atoms with Gasteiger partial charge in [-0.3, -0.25) is 4.98 Å². The summed E-state index contributed by atoms with van der Waals surface area (Å²) in [4.78, 5) is 17.4. The SMILES string of the molecule is Cc1ccncc1-c1cc2cc(Nc3ccc(CC#N)cn3)ncc2c(N)n1. The molecule has 136 valence electrons. The van der Waals surface area contributed by atoms with Gasteiger partial charge in [0.2, 0.25) is 0 Å². The van der Waals surface area contributed by atoms with Crippen LogP contribution < -0.4 is 11.1 Å². The summed E-state index contributed by atoms with van der Waals surface area (Å²) in [6.45, 7) is 2.01. The summed E-state index contributed by atoms with van der Waals surface area (Å²) in [6.07, 6.45) is 7.26. The number of nitrogens with one attached hydrogen (secondary N) is 1. The Morgan fingerprint density at radius 2 is 1.93 bits per heavy atom. The van der Waals surface area contributed by atoms with Crippen LogP contribution in [0.5, 0.6) is 0 Å². The van der Waals surface area contributed by atoms with Crippen LogP contribution in [0.25, 0.3) is 22.0 Å². The predicted octanol–water partition coefficient (Wildman–Crippen LogP) is 3.79. The number of pyridine rings is 4. The summed E-state index contributed by atoms with van der Waals surface area (Å²) < 4.78 is 0. The first-order valence-corrected chi connectivity index (χ1v) is 8.70. The molecule has 4 aromatic heterocycles. The average molecular weight is 367 g/mol. The van der Waals surface area contributed by atoms with Gasteiger partial charge in [0.15, 0.2) is 0 Å². The monoisotopic (exact) mass is 367 g/mol. The van der Waals surface area contributed by atoms with E-state index in [-0.39, 0.29) is 0 Å². The Bertz CT molecular complexity index is 1190. The van der Waals surface area contributed by atoms with Gasteiger partial charge in [0, 0.05) is 35.7 Å². The normalized spacial score (nSPS) is 10.6. The molecule has 4 aromatic rings. The highest BCUT2D eigenvalue weighted by molar-refractivity contribution is 5.94. The molecule has 0 aliphatic rings. The van der Waals surface area contributed by atoms with Crippen molar-refractivity contribution in [3.8, 4) is 17.3 Å². The van der Waals surface area contributed by atoms with Gasteiger partial charge in [-0.15, -0.1) is 0 Å². The van der Waals surface area contributed by atoms with Crippen LogP contribution in [-0.4, -0.2) is 19.9 Å². The lowest BCUT2D eigenvalue weighted by Crippen LogP contribution is -1.99. The van der Waals surface area contributed by atoms with E-state index in [1.807, 2.05) is 37.3 Å². The van der Waals surface area contributed by atoms with Gasteiger partial charge in [-0.2, -0.15) is 5.26 Å². The maximum absolute atomic E-state index is 8.75. The largest absolute Gasteiger partial charge is 0.383 e. The highest BCUT2D eigenvalue weighted by Crippen LogP contribution is 2.29. The van der Waals surface area contributed by atoms with Crippen molar-refractivity contribution < 1.29 is 0 Å². The van der Waals surface area contributed by atoms with Crippen molar-refractivity contribution >= 4 is 28.2 Å². The van der Waals surface area contributed by atoms with Crippen LogP contribution in [0.2, 0.25) is 0 Å². The maximum atomic E-state index is 8.75. The molecule has 0 atom stereocenters. The molecule has 0 unspecified atom stereocenters. The molecule has 7 nitrogen and oxygen atoms in total. The smallest absolute Gasteiger partial charge is 0.133 e. The van der Waals surface area contributed by atoms with Crippen LogP contribution in [0, 0.1) is 18.3 Å². The number of rotatable bonds is 4. The number of nitrogens with two attached hydrogens (primary N) is 1. The summed E-state index contributed by atoms with van der Waals surface area (Å²) in [5.74, 6) is 1.72. The lowest BCUT2D eigenvalue weighted by atomic mass is 10.1. The highest BCUT2D eigenvalue weighted by atomic mass is 15.0. The van der Waals surface area contributed by atoms with E-state index in [1.165, 1.54) is 0 Å². The second-order valence-electron chi connectivity index (χ2n) is 6.39. The molecule has 0 aliphatic heterocycles. The Balaban J connectivity index is 1.70. The van der Waals surface area contributed by atoms with Gasteiger partial charge in [0.25, 0.3) is 0 Å². The molecule has 4 rings (SSSR count). The number of hydrogen-bond acceptors (Lipinski definition) is 7. The van der Waals surface area contributed by atoms with Crippen LogP contribution in [-0.2, 0) is 6.42 Å². The average Bonchev–Trinajstić information content (AvgIpc) is 2.70. The first-order valence-electron chi connectivity index (χ1n) is 8.70. The molecule has 0 amide bonds. The molecule has 0 aromatic carbocycles. The molecule has 0 bridgehead atoms. The number of nitriles is 1. The molecular weight excluding hydrogens is 350 g/mol. The molecule has 0 aliphatic carbocycles. The zero-order valence-corrected chi connectivity index (χ0v) is 15.2. The molecule has 7 heteroatoms. The number of nitrogens with zero attached hydrogens (tertiary/aromatic N) is 5. The van der Waals surface area contributed by atoms with E-state index in [1.54, 1.807) is 24.8 Å². The van der Waals surface area contributed by atoms with Crippen molar-refractivity contribution in [3.63, 3.8) is 0 Å². The molecule has 0 saturated carbocycles. The van der Waals surface area contributed by atoms with Crippen molar-refractivity contribution in [1.82, 2.24) is 19.9 Å². The van der Waals surface area contributed by atoms with Crippen LogP contribution >= 0.6 is 0 Å². The quantitative estimate of drug-likeness (QED) is 0.564. The van der Waals surface area contributed by atoms with Gasteiger partial charge in [0.05, 0.1) is 18.2 Å². The first-order chi connectivity index (χ1) is 13.6. The fourth-order valence-electron chi connectivity index (χ4n) is 2.94. The molecule has 0 fully saturated rings. The Labute approximate surface area is 161 Å². The van der Waals surface area contributed by atoms with E-state index >= 15 is 0 Å².